The largest absolute Gasteiger partial charge is 0.378 e. The zero-order valence-corrected chi connectivity index (χ0v) is 13.5. The van der Waals surface area contributed by atoms with Crippen LogP contribution in [0, 0.1) is 0 Å². The summed E-state index contributed by atoms with van der Waals surface area (Å²) in [4.78, 5) is 16.5. The van der Waals surface area contributed by atoms with Gasteiger partial charge in [0.15, 0.2) is 0 Å². The lowest BCUT2D eigenvalue weighted by atomic mass is 10.1. The van der Waals surface area contributed by atoms with Gasteiger partial charge < -0.3 is 10.1 Å². The molecule has 4 rings (SSSR count). The van der Waals surface area contributed by atoms with Gasteiger partial charge in [0.1, 0.15) is 6.04 Å². The Bertz CT molecular complexity index is 749. The van der Waals surface area contributed by atoms with Crippen molar-refractivity contribution < 1.29 is 4.74 Å². The van der Waals surface area contributed by atoms with Crippen molar-refractivity contribution in [1.82, 2.24) is 14.8 Å². The second kappa shape index (κ2) is 6.33. The summed E-state index contributed by atoms with van der Waals surface area (Å²) in [6.45, 7) is 1.07. The predicted molar refractivity (Wildman–Crippen MR) is 89.9 cm³/mol. The third kappa shape index (κ3) is 2.98. The number of fused-ring (bicyclic) bond motifs is 1. The normalized spacial score (nSPS) is 23.5. The van der Waals surface area contributed by atoms with Crippen molar-refractivity contribution in [3.8, 4) is 0 Å². The second-order valence-corrected chi connectivity index (χ2v) is 6.90. The van der Waals surface area contributed by atoms with Gasteiger partial charge in [-0.25, -0.2) is 4.68 Å². The molecule has 7 heteroatoms. The number of pyridine rings is 1. The fourth-order valence-electron chi connectivity index (χ4n) is 3.05. The minimum atomic E-state index is -0.0875. The molecule has 0 aromatic carbocycles. The van der Waals surface area contributed by atoms with E-state index in [1.165, 1.54) is 0 Å². The molecule has 120 valence electrons. The lowest BCUT2D eigenvalue weighted by Gasteiger charge is -2.23. The highest BCUT2D eigenvalue weighted by Gasteiger charge is 2.32. The first-order valence-corrected chi connectivity index (χ1v) is 8.90. The summed E-state index contributed by atoms with van der Waals surface area (Å²) in [5.74, 6) is 1.95. The quantitative estimate of drug-likeness (QED) is 0.919. The number of aromatic nitrogens is 3. The Balaban J connectivity index is 1.62. The Hall–Kier alpha value is -1.86. The van der Waals surface area contributed by atoms with Crippen LogP contribution in [0.2, 0.25) is 0 Å². The van der Waals surface area contributed by atoms with E-state index in [2.05, 4.69) is 15.4 Å². The van der Waals surface area contributed by atoms with E-state index in [0.29, 0.717) is 13.2 Å². The Morgan fingerprint density at radius 2 is 2.17 bits per heavy atom. The SMILES string of the molecule is O=c1cc2c(nn1C1COCC1Nc1ccncc1)CCSC2. The van der Waals surface area contributed by atoms with Crippen molar-refractivity contribution >= 4 is 17.4 Å². The number of rotatable bonds is 3. The van der Waals surface area contributed by atoms with E-state index in [1.807, 2.05) is 23.9 Å². The molecule has 1 saturated heterocycles. The first-order chi connectivity index (χ1) is 11.3. The molecule has 1 fully saturated rings. The Morgan fingerprint density at radius 1 is 1.30 bits per heavy atom. The highest BCUT2D eigenvalue weighted by Crippen LogP contribution is 2.25. The van der Waals surface area contributed by atoms with E-state index < -0.39 is 0 Å². The number of nitrogens with one attached hydrogen (secondary N) is 1. The van der Waals surface area contributed by atoms with Gasteiger partial charge in [-0.05, 0) is 23.4 Å². The van der Waals surface area contributed by atoms with Crippen LogP contribution < -0.4 is 10.9 Å². The highest BCUT2D eigenvalue weighted by atomic mass is 32.2. The predicted octanol–water partition coefficient (Wildman–Crippen LogP) is 1.48. The first-order valence-electron chi connectivity index (χ1n) is 7.75. The van der Waals surface area contributed by atoms with Crippen LogP contribution in [0.4, 0.5) is 5.69 Å². The van der Waals surface area contributed by atoms with Crippen molar-refractivity contribution in [2.75, 3.05) is 24.3 Å². The summed E-state index contributed by atoms with van der Waals surface area (Å²) in [5, 5.41) is 8.07. The van der Waals surface area contributed by atoms with Crippen LogP contribution in [0.15, 0.2) is 35.4 Å². The molecule has 0 bridgehead atoms. The number of hydrogen-bond acceptors (Lipinski definition) is 6. The van der Waals surface area contributed by atoms with E-state index >= 15 is 0 Å². The van der Waals surface area contributed by atoms with Crippen molar-refractivity contribution in [3.05, 3.63) is 52.2 Å². The minimum Gasteiger partial charge on any atom is -0.378 e. The molecule has 2 aromatic heterocycles. The van der Waals surface area contributed by atoms with Gasteiger partial charge in [-0.1, -0.05) is 0 Å². The maximum Gasteiger partial charge on any atom is 0.267 e. The van der Waals surface area contributed by atoms with Crippen molar-refractivity contribution in [2.45, 2.75) is 24.3 Å². The van der Waals surface area contributed by atoms with Crippen LogP contribution in [0.25, 0.3) is 0 Å². The zero-order valence-electron chi connectivity index (χ0n) is 12.6. The van der Waals surface area contributed by atoms with Crippen LogP contribution in [-0.2, 0) is 16.9 Å². The molecule has 2 aromatic rings. The van der Waals surface area contributed by atoms with E-state index in [9.17, 15) is 4.79 Å². The molecule has 0 spiro atoms. The van der Waals surface area contributed by atoms with Gasteiger partial charge in [0.2, 0.25) is 0 Å². The maximum atomic E-state index is 12.5. The molecule has 2 unspecified atom stereocenters. The molecule has 0 radical (unpaired) electrons. The van der Waals surface area contributed by atoms with Crippen LogP contribution in [0.5, 0.6) is 0 Å². The Kier molecular flexibility index (Phi) is 4.05. The number of anilines is 1. The summed E-state index contributed by atoms with van der Waals surface area (Å²) in [7, 11) is 0. The van der Waals surface area contributed by atoms with Gasteiger partial charge in [0.25, 0.3) is 5.56 Å². The van der Waals surface area contributed by atoms with E-state index in [4.69, 9.17) is 4.74 Å². The highest BCUT2D eigenvalue weighted by molar-refractivity contribution is 7.98. The standard InChI is InChI=1S/C16H18N4O2S/c21-16-7-11-10-23-6-3-13(11)19-20(16)15-9-22-8-14(15)18-12-1-4-17-5-2-12/h1-2,4-5,7,14-15H,3,6,8-10H2,(H,17,18). The van der Waals surface area contributed by atoms with Crippen molar-refractivity contribution in [2.24, 2.45) is 0 Å². The van der Waals surface area contributed by atoms with Gasteiger partial charge in [-0.3, -0.25) is 9.78 Å². The third-order valence-corrected chi connectivity index (χ3v) is 5.27. The fourth-order valence-corrected chi connectivity index (χ4v) is 4.00. The first kappa shape index (κ1) is 14.7. The summed E-state index contributed by atoms with van der Waals surface area (Å²) in [5.41, 5.74) is 3.07. The summed E-state index contributed by atoms with van der Waals surface area (Å²) < 4.78 is 7.23. The molecular weight excluding hydrogens is 312 g/mol. The number of aryl methyl sites for hydroxylation is 1. The maximum absolute atomic E-state index is 12.5. The van der Waals surface area contributed by atoms with Gasteiger partial charge in [-0.2, -0.15) is 16.9 Å². The zero-order chi connectivity index (χ0) is 15.6. The molecule has 2 aliphatic rings. The van der Waals surface area contributed by atoms with Crippen molar-refractivity contribution in [3.63, 3.8) is 0 Å². The molecule has 6 nitrogen and oxygen atoms in total. The van der Waals surface area contributed by atoms with Crippen molar-refractivity contribution in [1.29, 1.82) is 0 Å². The molecule has 0 aliphatic carbocycles. The minimum absolute atomic E-state index is 0.0265. The average Bonchev–Trinajstić information content (AvgIpc) is 3.03. The number of nitrogens with zero attached hydrogens (tertiary/aromatic N) is 3. The van der Waals surface area contributed by atoms with E-state index in [1.54, 1.807) is 23.1 Å². The molecule has 23 heavy (non-hydrogen) atoms. The van der Waals surface area contributed by atoms with Crippen LogP contribution in [0.1, 0.15) is 17.3 Å². The number of hydrogen-bond donors (Lipinski definition) is 1. The van der Waals surface area contributed by atoms with Gasteiger partial charge >= 0.3 is 0 Å². The smallest absolute Gasteiger partial charge is 0.267 e. The lowest BCUT2D eigenvalue weighted by molar-refractivity contribution is 0.182. The summed E-state index contributed by atoms with van der Waals surface area (Å²) in [6, 6.07) is 5.51. The topological polar surface area (TPSA) is 69.0 Å². The van der Waals surface area contributed by atoms with E-state index in [0.717, 1.165) is 34.9 Å². The Labute approximate surface area is 138 Å². The molecule has 0 amide bonds. The second-order valence-electron chi connectivity index (χ2n) is 5.79. The summed E-state index contributed by atoms with van der Waals surface area (Å²) >= 11 is 1.86. The summed E-state index contributed by atoms with van der Waals surface area (Å²) in [6.07, 6.45) is 4.42. The van der Waals surface area contributed by atoms with Crippen LogP contribution in [0.3, 0.4) is 0 Å². The van der Waals surface area contributed by atoms with Gasteiger partial charge in [-0.15, -0.1) is 0 Å². The fraction of sp³-hybridized carbons (Fsp3) is 0.438. The van der Waals surface area contributed by atoms with Gasteiger partial charge in [0.05, 0.1) is 24.9 Å². The van der Waals surface area contributed by atoms with Crippen LogP contribution in [-0.4, -0.2) is 39.8 Å². The lowest BCUT2D eigenvalue weighted by Crippen LogP contribution is -2.38. The molecule has 2 atom stereocenters. The molecule has 1 N–H and O–H groups in total. The molecule has 2 aliphatic heterocycles. The monoisotopic (exact) mass is 330 g/mol. The Morgan fingerprint density at radius 3 is 3.04 bits per heavy atom. The van der Waals surface area contributed by atoms with Gasteiger partial charge in [0, 0.05) is 36.3 Å². The number of ether oxygens (including phenoxy) is 1. The number of thioether (sulfide) groups is 1. The van der Waals surface area contributed by atoms with Crippen LogP contribution >= 0.6 is 11.8 Å². The third-order valence-electron chi connectivity index (χ3n) is 4.26. The molecule has 4 heterocycles. The average molecular weight is 330 g/mol. The molecular formula is C16H18N4O2S. The molecule has 0 saturated carbocycles. The van der Waals surface area contributed by atoms with E-state index in [-0.39, 0.29) is 17.6 Å².